The number of hydrogen-bond acceptors (Lipinski definition) is 4. The van der Waals surface area contributed by atoms with Gasteiger partial charge in [-0.2, -0.15) is 0 Å². The van der Waals surface area contributed by atoms with E-state index in [0.29, 0.717) is 24.5 Å². The maximum absolute atomic E-state index is 12.4. The summed E-state index contributed by atoms with van der Waals surface area (Å²) in [6.45, 7) is 2.16. The Labute approximate surface area is 151 Å². The molecule has 3 rings (SSSR count). The van der Waals surface area contributed by atoms with E-state index in [4.69, 9.17) is 0 Å². The van der Waals surface area contributed by atoms with E-state index in [2.05, 4.69) is 15.6 Å². The quantitative estimate of drug-likeness (QED) is 0.857. The van der Waals surface area contributed by atoms with Gasteiger partial charge in [0, 0.05) is 50.2 Å². The molecule has 1 aliphatic rings. The van der Waals surface area contributed by atoms with Gasteiger partial charge >= 0.3 is 0 Å². The molecule has 0 bridgehead atoms. The van der Waals surface area contributed by atoms with Crippen LogP contribution in [0.15, 0.2) is 48.8 Å². The lowest BCUT2D eigenvalue weighted by Crippen LogP contribution is -2.32. The van der Waals surface area contributed by atoms with Crippen molar-refractivity contribution in [2.24, 2.45) is 5.92 Å². The summed E-state index contributed by atoms with van der Waals surface area (Å²) in [4.78, 5) is 41.5. The van der Waals surface area contributed by atoms with E-state index in [-0.39, 0.29) is 24.1 Å². The molecule has 134 valence electrons. The van der Waals surface area contributed by atoms with Crippen molar-refractivity contribution in [1.82, 2.24) is 10.3 Å². The molecule has 1 aliphatic heterocycles. The number of hydrogen-bond donors (Lipinski definition) is 2. The van der Waals surface area contributed by atoms with E-state index in [0.717, 1.165) is 5.56 Å². The Morgan fingerprint density at radius 3 is 2.73 bits per heavy atom. The summed E-state index contributed by atoms with van der Waals surface area (Å²) in [5.74, 6) is -0.818. The smallest absolute Gasteiger partial charge is 0.227 e. The van der Waals surface area contributed by atoms with E-state index in [1.165, 1.54) is 6.92 Å². The standard InChI is InChI=1S/C19H20N4O3/c1-13(24)22-16-3-2-4-17(10-16)23-12-15(9-18(23)25)19(26)21-11-14-5-7-20-8-6-14/h2-8,10,15H,9,11-12H2,1H3,(H,21,26)(H,22,24). The summed E-state index contributed by atoms with van der Waals surface area (Å²) in [5.41, 5.74) is 2.25. The van der Waals surface area contributed by atoms with Crippen LogP contribution >= 0.6 is 0 Å². The molecule has 1 aromatic heterocycles. The third-order valence-electron chi connectivity index (χ3n) is 4.19. The fourth-order valence-electron chi connectivity index (χ4n) is 2.92. The van der Waals surface area contributed by atoms with Crippen molar-refractivity contribution in [2.45, 2.75) is 19.9 Å². The number of aromatic nitrogens is 1. The fraction of sp³-hybridized carbons (Fsp3) is 0.263. The minimum absolute atomic E-state index is 0.103. The predicted octanol–water partition coefficient (Wildman–Crippen LogP) is 1.71. The van der Waals surface area contributed by atoms with Crippen LogP contribution in [0.5, 0.6) is 0 Å². The zero-order valence-corrected chi connectivity index (χ0v) is 14.4. The molecule has 2 aromatic rings. The molecule has 26 heavy (non-hydrogen) atoms. The van der Waals surface area contributed by atoms with E-state index in [1.807, 2.05) is 12.1 Å². The third-order valence-corrected chi connectivity index (χ3v) is 4.19. The van der Waals surface area contributed by atoms with Crippen LogP contribution in [0.3, 0.4) is 0 Å². The molecule has 0 spiro atoms. The molecule has 1 saturated heterocycles. The van der Waals surface area contributed by atoms with Crippen LogP contribution in [0.2, 0.25) is 0 Å². The van der Waals surface area contributed by atoms with Crippen LogP contribution < -0.4 is 15.5 Å². The monoisotopic (exact) mass is 352 g/mol. The number of nitrogens with one attached hydrogen (secondary N) is 2. The molecule has 1 unspecified atom stereocenters. The molecule has 1 aromatic carbocycles. The zero-order chi connectivity index (χ0) is 18.5. The van der Waals surface area contributed by atoms with Crippen LogP contribution in [0.1, 0.15) is 18.9 Å². The van der Waals surface area contributed by atoms with Gasteiger partial charge < -0.3 is 15.5 Å². The van der Waals surface area contributed by atoms with E-state index >= 15 is 0 Å². The molecule has 2 heterocycles. The van der Waals surface area contributed by atoms with Gasteiger partial charge in [-0.25, -0.2) is 0 Å². The molecule has 7 heteroatoms. The van der Waals surface area contributed by atoms with E-state index in [1.54, 1.807) is 41.6 Å². The Bertz CT molecular complexity index is 823. The molecule has 0 radical (unpaired) electrons. The van der Waals surface area contributed by atoms with Gasteiger partial charge in [-0.15, -0.1) is 0 Å². The van der Waals surface area contributed by atoms with E-state index < -0.39 is 5.92 Å². The first-order valence-electron chi connectivity index (χ1n) is 8.37. The lowest BCUT2D eigenvalue weighted by Gasteiger charge is -2.18. The highest BCUT2D eigenvalue weighted by molar-refractivity contribution is 6.01. The van der Waals surface area contributed by atoms with Gasteiger partial charge in [0.05, 0.1) is 5.92 Å². The van der Waals surface area contributed by atoms with Crippen LogP contribution in [-0.4, -0.2) is 29.3 Å². The number of benzene rings is 1. The van der Waals surface area contributed by atoms with Gasteiger partial charge in [0.2, 0.25) is 17.7 Å². The molecule has 7 nitrogen and oxygen atoms in total. The van der Waals surface area contributed by atoms with Gasteiger partial charge in [-0.1, -0.05) is 6.07 Å². The maximum atomic E-state index is 12.4. The Morgan fingerprint density at radius 2 is 2.00 bits per heavy atom. The van der Waals surface area contributed by atoms with Crippen molar-refractivity contribution in [2.75, 3.05) is 16.8 Å². The number of carbonyl (C=O) groups is 3. The summed E-state index contributed by atoms with van der Waals surface area (Å²) in [5, 5.41) is 5.56. The number of rotatable bonds is 5. The summed E-state index contributed by atoms with van der Waals surface area (Å²) in [7, 11) is 0. The van der Waals surface area contributed by atoms with Gasteiger partial charge in [-0.05, 0) is 35.9 Å². The summed E-state index contributed by atoms with van der Waals surface area (Å²) in [6.07, 6.45) is 3.52. The highest BCUT2D eigenvalue weighted by Gasteiger charge is 2.35. The zero-order valence-electron chi connectivity index (χ0n) is 14.4. The normalized spacial score (nSPS) is 16.4. The van der Waals surface area contributed by atoms with Crippen molar-refractivity contribution >= 4 is 29.1 Å². The van der Waals surface area contributed by atoms with Gasteiger partial charge in [0.15, 0.2) is 0 Å². The minimum Gasteiger partial charge on any atom is -0.352 e. The maximum Gasteiger partial charge on any atom is 0.227 e. The fourth-order valence-corrected chi connectivity index (χ4v) is 2.92. The largest absolute Gasteiger partial charge is 0.352 e. The van der Waals surface area contributed by atoms with Crippen LogP contribution in [0.4, 0.5) is 11.4 Å². The van der Waals surface area contributed by atoms with Crippen LogP contribution in [0.25, 0.3) is 0 Å². The van der Waals surface area contributed by atoms with Crippen molar-refractivity contribution < 1.29 is 14.4 Å². The Kier molecular flexibility index (Phi) is 5.26. The lowest BCUT2D eigenvalue weighted by molar-refractivity contribution is -0.126. The number of pyridine rings is 1. The Balaban J connectivity index is 1.63. The number of amides is 3. The van der Waals surface area contributed by atoms with Gasteiger partial charge in [-0.3, -0.25) is 19.4 Å². The SMILES string of the molecule is CC(=O)Nc1cccc(N2CC(C(=O)NCc3ccncc3)CC2=O)c1. The molecule has 2 N–H and O–H groups in total. The van der Waals surface area contributed by atoms with Crippen LogP contribution in [-0.2, 0) is 20.9 Å². The highest BCUT2D eigenvalue weighted by Crippen LogP contribution is 2.27. The molecular weight excluding hydrogens is 332 g/mol. The first-order chi connectivity index (χ1) is 12.5. The molecule has 0 aliphatic carbocycles. The molecular formula is C19H20N4O3. The second kappa shape index (κ2) is 7.77. The van der Waals surface area contributed by atoms with Gasteiger partial charge in [0.1, 0.15) is 0 Å². The topological polar surface area (TPSA) is 91.4 Å². The number of nitrogens with zero attached hydrogens (tertiary/aromatic N) is 2. The minimum atomic E-state index is -0.395. The molecule has 1 atom stereocenters. The highest BCUT2D eigenvalue weighted by atomic mass is 16.2. The van der Waals surface area contributed by atoms with E-state index in [9.17, 15) is 14.4 Å². The van der Waals surface area contributed by atoms with Crippen LogP contribution in [0, 0.1) is 5.92 Å². The summed E-state index contributed by atoms with van der Waals surface area (Å²) < 4.78 is 0. The van der Waals surface area contributed by atoms with Crippen molar-refractivity contribution in [1.29, 1.82) is 0 Å². The molecule has 3 amide bonds. The Hall–Kier alpha value is -3.22. The summed E-state index contributed by atoms with van der Waals surface area (Å²) in [6, 6.07) is 10.7. The Morgan fingerprint density at radius 1 is 1.23 bits per heavy atom. The summed E-state index contributed by atoms with van der Waals surface area (Å²) >= 11 is 0. The predicted molar refractivity (Wildman–Crippen MR) is 97.3 cm³/mol. The second-order valence-corrected chi connectivity index (χ2v) is 6.21. The lowest BCUT2D eigenvalue weighted by atomic mass is 10.1. The number of carbonyl (C=O) groups excluding carboxylic acids is 3. The average molecular weight is 352 g/mol. The number of anilines is 2. The molecule has 1 fully saturated rings. The molecule has 0 saturated carbocycles. The second-order valence-electron chi connectivity index (χ2n) is 6.21. The van der Waals surface area contributed by atoms with Gasteiger partial charge in [0.25, 0.3) is 0 Å². The van der Waals surface area contributed by atoms with Crippen molar-refractivity contribution in [3.05, 3.63) is 54.4 Å². The van der Waals surface area contributed by atoms with Crippen molar-refractivity contribution in [3.8, 4) is 0 Å². The third kappa shape index (κ3) is 4.24. The average Bonchev–Trinajstić information content (AvgIpc) is 3.02. The first-order valence-corrected chi connectivity index (χ1v) is 8.37. The first kappa shape index (κ1) is 17.6. The van der Waals surface area contributed by atoms with Crippen molar-refractivity contribution in [3.63, 3.8) is 0 Å².